The molecule has 0 unspecified atom stereocenters. The Morgan fingerprint density at radius 2 is 1.72 bits per heavy atom. The number of aromatic nitrogens is 2. The lowest BCUT2D eigenvalue weighted by molar-refractivity contribution is 0.0764. The van der Waals surface area contributed by atoms with Crippen molar-refractivity contribution in [2.45, 2.75) is 38.5 Å². The number of carbonyl (C=O) groups excluding carboxylic acids is 1. The highest BCUT2D eigenvalue weighted by molar-refractivity contribution is 5.99. The Hall–Kier alpha value is -4.57. The Balaban J connectivity index is 1.34. The zero-order valence-electron chi connectivity index (χ0n) is 24.0. The Bertz CT molecular complexity index is 1640. The number of methoxy groups -OCH3 is 2. The fourth-order valence-electron chi connectivity index (χ4n) is 5.80. The van der Waals surface area contributed by atoms with Crippen molar-refractivity contribution >= 4 is 11.6 Å². The molecule has 4 heterocycles. The molecule has 0 saturated carbocycles. The van der Waals surface area contributed by atoms with E-state index >= 15 is 0 Å². The van der Waals surface area contributed by atoms with Gasteiger partial charge in [-0.3, -0.25) is 9.78 Å². The molecule has 43 heavy (non-hydrogen) atoms. The van der Waals surface area contributed by atoms with Gasteiger partial charge >= 0.3 is 0 Å². The average molecular weight is 587 g/mol. The average Bonchev–Trinajstić information content (AvgIpc) is 3.32. The van der Waals surface area contributed by atoms with E-state index in [0.717, 1.165) is 24.3 Å². The highest BCUT2D eigenvalue weighted by atomic mass is 19.1. The highest BCUT2D eigenvalue weighted by Gasteiger charge is 2.33. The first-order chi connectivity index (χ1) is 20.8. The normalized spacial score (nSPS) is 15.1. The summed E-state index contributed by atoms with van der Waals surface area (Å²) >= 11 is 0. The van der Waals surface area contributed by atoms with Gasteiger partial charge in [-0.15, -0.1) is 0 Å². The highest BCUT2D eigenvalue weighted by Crippen LogP contribution is 2.35. The van der Waals surface area contributed by atoms with E-state index in [-0.39, 0.29) is 42.8 Å². The van der Waals surface area contributed by atoms with Crippen LogP contribution in [-0.4, -0.2) is 59.3 Å². The molecule has 0 radical (unpaired) electrons. The molecule has 1 saturated heterocycles. The summed E-state index contributed by atoms with van der Waals surface area (Å²) in [5.41, 5.74) is 3.82. The maximum atomic E-state index is 14.9. The Morgan fingerprint density at radius 1 is 0.953 bits per heavy atom. The minimum absolute atomic E-state index is 0.129. The molecule has 2 aliphatic rings. The van der Waals surface area contributed by atoms with Crippen molar-refractivity contribution in [2.24, 2.45) is 0 Å². The molecule has 222 valence electrons. The summed E-state index contributed by atoms with van der Waals surface area (Å²) in [6.07, 6.45) is 3.21. The van der Waals surface area contributed by atoms with Crippen molar-refractivity contribution in [3.63, 3.8) is 0 Å². The standard InChI is InChI=1S/C33H32F2N4O4/c1-42-25-9-6-20(30(16-25)43-2)18-39-19-29-31(33(39)41)21(15-28(37-29)32-26(34)4-3-5-27(32)35)14-22-7-8-23(17-36-22)38-12-10-24(40)11-13-38/h3-9,15-17,24,40H,10-14,18-19H2,1-2H3. The Labute approximate surface area is 248 Å². The zero-order valence-corrected chi connectivity index (χ0v) is 24.0. The van der Waals surface area contributed by atoms with Gasteiger partial charge in [-0.2, -0.15) is 0 Å². The molecule has 2 aliphatic heterocycles. The number of amides is 1. The number of ether oxygens (including phenoxy) is 2. The zero-order chi connectivity index (χ0) is 30.1. The van der Waals surface area contributed by atoms with Crippen LogP contribution in [0.4, 0.5) is 14.5 Å². The van der Waals surface area contributed by atoms with Crippen LogP contribution in [0, 0.1) is 11.6 Å². The van der Waals surface area contributed by atoms with Gasteiger partial charge in [-0.05, 0) is 60.9 Å². The maximum absolute atomic E-state index is 14.9. The van der Waals surface area contributed by atoms with Crippen molar-refractivity contribution in [3.8, 4) is 22.8 Å². The molecule has 1 N–H and O–H groups in total. The molecule has 10 heteroatoms. The quantitative estimate of drug-likeness (QED) is 0.306. The number of nitrogens with zero attached hydrogens (tertiary/aromatic N) is 4. The molecule has 0 aliphatic carbocycles. The second-order valence-electron chi connectivity index (χ2n) is 10.8. The van der Waals surface area contributed by atoms with Gasteiger partial charge in [0.2, 0.25) is 0 Å². The van der Waals surface area contributed by atoms with Crippen LogP contribution >= 0.6 is 0 Å². The smallest absolute Gasteiger partial charge is 0.256 e. The summed E-state index contributed by atoms with van der Waals surface area (Å²) < 4.78 is 40.6. The first-order valence-electron chi connectivity index (χ1n) is 14.2. The molecule has 2 aromatic heterocycles. The summed E-state index contributed by atoms with van der Waals surface area (Å²) in [4.78, 5) is 26.9. The molecule has 8 nitrogen and oxygen atoms in total. The predicted octanol–water partition coefficient (Wildman–Crippen LogP) is 5.15. The molecule has 4 aromatic rings. The summed E-state index contributed by atoms with van der Waals surface area (Å²) in [5.74, 6) is -0.459. The molecule has 1 amide bonds. The first-order valence-corrected chi connectivity index (χ1v) is 14.2. The van der Waals surface area contributed by atoms with E-state index in [1.807, 2.05) is 18.2 Å². The molecule has 0 bridgehead atoms. The lowest BCUT2D eigenvalue weighted by atomic mass is 9.98. The van der Waals surface area contributed by atoms with Gasteiger partial charge in [-0.25, -0.2) is 13.8 Å². The van der Waals surface area contributed by atoms with E-state index in [1.54, 1.807) is 43.5 Å². The minimum atomic E-state index is -0.725. The van der Waals surface area contributed by atoms with E-state index in [1.165, 1.54) is 18.2 Å². The minimum Gasteiger partial charge on any atom is -0.497 e. The Kier molecular flexibility index (Phi) is 7.94. The summed E-state index contributed by atoms with van der Waals surface area (Å²) in [6.45, 7) is 1.93. The van der Waals surface area contributed by atoms with Crippen LogP contribution in [0.3, 0.4) is 0 Å². The predicted molar refractivity (Wildman–Crippen MR) is 157 cm³/mol. The fraction of sp³-hybridized carbons (Fsp3) is 0.303. The monoisotopic (exact) mass is 586 g/mol. The summed E-state index contributed by atoms with van der Waals surface area (Å²) in [7, 11) is 3.13. The van der Waals surface area contributed by atoms with E-state index < -0.39 is 11.6 Å². The van der Waals surface area contributed by atoms with Gasteiger partial charge in [0.25, 0.3) is 5.91 Å². The summed E-state index contributed by atoms with van der Waals surface area (Å²) in [6, 6.07) is 14.6. The second-order valence-corrected chi connectivity index (χ2v) is 10.8. The van der Waals surface area contributed by atoms with Crippen LogP contribution in [0.15, 0.2) is 60.8 Å². The molecular formula is C33H32F2N4O4. The maximum Gasteiger partial charge on any atom is 0.256 e. The molecule has 2 aromatic carbocycles. The number of anilines is 1. The number of rotatable bonds is 8. The van der Waals surface area contributed by atoms with Crippen LogP contribution in [0.25, 0.3) is 11.3 Å². The number of hydrogen-bond acceptors (Lipinski definition) is 7. The third-order valence-corrected chi connectivity index (χ3v) is 8.10. The number of aliphatic hydroxyl groups is 1. The lowest BCUT2D eigenvalue weighted by Gasteiger charge is -2.31. The van der Waals surface area contributed by atoms with E-state index in [2.05, 4.69) is 14.9 Å². The third-order valence-electron chi connectivity index (χ3n) is 8.10. The van der Waals surface area contributed by atoms with Crippen LogP contribution < -0.4 is 14.4 Å². The van der Waals surface area contributed by atoms with Crippen molar-refractivity contribution in [3.05, 3.63) is 101 Å². The lowest BCUT2D eigenvalue weighted by Crippen LogP contribution is -2.35. The van der Waals surface area contributed by atoms with E-state index in [9.17, 15) is 18.7 Å². The van der Waals surface area contributed by atoms with Crippen molar-refractivity contribution in [2.75, 3.05) is 32.2 Å². The molecule has 1 fully saturated rings. The van der Waals surface area contributed by atoms with Gasteiger partial charge in [0, 0.05) is 36.8 Å². The van der Waals surface area contributed by atoms with Crippen molar-refractivity contribution in [1.82, 2.24) is 14.9 Å². The number of pyridine rings is 2. The van der Waals surface area contributed by atoms with Gasteiger partial charge in [0.05, 0.1) is 67.8 Å². The van der Waals surface area contributed by atoms with E-state index in [4.69, 9.17) is 9.47 Å². The number of aliphatic hydroxyl groups excluding tert-OH is 1. The van der Waals surface area contributed by atoms with E-state index in [0.29, 0.717) is 46.9 Å². The largest absolute Gasteiger partial charge is 0.497 e. The Morgan fingerprint density at radius 3 is 2.40 bits per heavy atom. The van der Waals surface area contributed by atoms with Crippen LogP contribution in [0.1, 0.15) is 45.7 Å². The second kappa shape index (κ2) is 12.0. The number of halogens is 2. The van der Waals surface area contributed by atoms with Crippen LogP contribution in [0.5, 0.6) is 11.5 Å². The van der Waals surface area contributed by atoms with Gasteiger partial charge in [0.15, 0.2) is 0 Å². The molecule has 0 spiro atoms. The number of fused-ring (bicyclic) bond motifs is 1. The topological polar surface area (TPSA) is 88.0 Å². The molecule has 6 rings (SSSR count). The van der Waals surface area contributed by atoms with Crippen molar-refractivity contribution in [1.29, 1.82) is 0 Å². The SMILES string of the molecule is COc1ccc(CN2Cc3nc(-c4c(F)cccc4F)cc(Cc4ccc(N5CCC(O)CC5)cn4)c3C2=O)c(OC)c1. The van der Waals surface area contributed by atoms with Crippen molar-refractivity contribution < 1.29 is 28.2 Å². The number of benzene rings is 2. The number of carbonyl (C=O) groups is 1. The molecular weight excluding hydrogens is 554 g/mol. The number of hydrogen-bond donors (Lipinski definition) is 1. The van der Waals surface area contributed by atoms with Crippen LogP contribution in [0.2, 0.25) is 0 Å². The number of piperidine rings is 1. The van der Waals surface area contributed by atoms with Crippen LogP contribution in [-0.2, 0) is 19.5 Å². The van der Waals surface area contributed by atoms with Gasteiger partial charge in [-0.1, -0.05) is 6.07 Å². The van der Waals surface area contributed by atoms with Gasteiger partial charge in [0.1, 0.15) is 23.1 Å². The van der Waals surface area contributed by atoms with Gasteiger partial charge < -0.3 is 24.4 Å². The molecule has 0 atom stereocenters. The fourth-order valence-corrected chi connectivity index (χ4v) is 5.80. The summed E-state index contributed by atoms with van der Waals surface area (Å²) in [5, 5.41) is 9.83. The third kappa shape index (κ3) is 5.75. The first kappa shape index (κ1) is 28.5.